The van der Waals surface area contributed by atoms with Gasteiger partial charge in [-0.2, -0.15) is 0 Å². The van der Waals surface area contributed by atoms with Crippen molar-refractivity contribution in [2.45, 2.75) is 20.0 Å². The van der Waals surface area contributed by atoms with Gasteiger partial charge in [-0.15, -0.1) is 0 Å². The number of nitrogens with zero attached hydrogens (tertiary/aromatic N) is 2. The maximum Gasteiger partial charge on any atom is 0.412 e. The Kier molecular flexibility index (Phi) is 5.60. The van der Waals surface area contributed by atoms with Crippen molar-refractivity contribution in [1.29, 1.82) is 0 Å². The van der Waals surface area contributed by atoms with E-state index in [0.29, 0.717) is 33.3 Å². The lowest BCUT2D eigenvalue weighted by atomic mass is 10.1. The molecule has 3 rings (SSSR count). The van der Waals surface area contributed by atoms with Crippen LogP contribution >= 0.6 is 11.6 Å². The number of non-ortho nitro benzene ring substituents is 1. The molecule has 8 nitrogen and oxygen atoms in total. The summed E-state index contributed by atoms with van der Waals surface area (Å²) in [5.41, 5.74) is 1.85. The van der Waals surface area contributed by atoms with E-state index >= 15 is 0 Å². The molecule has 1 heterocycles. The Morgan fingerprint density at radius 3 is 2.57 bits per heavy atom. The van der Waals surface area contributed by atoms with Crippen LogP contribution in [0, 0.1) is 17.0 Å². The first kappa shape index (κ1) is 19.4. The number of nitrogens with one attached hydrogen (secondary N) is 1. The summed E-state index contributed by atoms with van der Waals surface area (Å²) in [6.07, 6.45) is -1.28. The number of aryl methyl sites for hydroxylation is 1. The van der Waals surface area contributed by atoms with E-state index in [2.05, 4.69) is 10.5 Å². The fourth-order valence-corrected chi connectivity index (χ4v) is 2.91. The second-order valence-electron chi connectivity index (χ2n) is 5.96. The van der Waals surface area contributed by atoms with Gasteiger partial charge in [0.2, 0.25) is 0 Å². The molecular formula is C19H16ClN3O5. The summed E-state index contributed by atoms with van der Waals surface area (Å²) in [6.45, 7) is 3.34. The third-order valence-corrected chi connectivity index (χ3v) is 4.41. The average molecular weight is 402 g/mol. The standard InChI is InChI=1S/C19H16ClN3O5/c1-11(15-5-3-4-6-16(15)20)27-19(24)21-17-12(2)28-22-18(17)13-7-9-14(10-8-13)23(25)26/h3-11H,1-2H3,(H,21,24). The van der Waals surface area contributed by atoms with E-state index < -0.39 is 17.1 Å². The molecule has 28 heavy (non-hydrogen) atoms. The van der Waals surface area contributed by atoms with Crippen molar-refractivity contribution in [2.75, 3.05) is 5.32 Å². The zero-order valence-electron chi connectivity index (χ0n) is 15.0. The number of aromatic nitrogens is 1. The van der Waals surface area contributed by atoms with Crippen LogP contribution in [0.1, 0.15) is 24.4 Å². The molecule has 1 aromatic heterocycles. The van der Waals surface area contributed by atoms with E-state index in [1.165, 1.54) is 24.3 Å². The number of halogens is 1. The van der Waals surface area contributed by atoms with Gasteiger partial charge in [-0.25, -0.2) is 4.79 Å². The quantitative estimate of drug-likeness (QED) is 0.445. The summed E-state index contributed by atoms with van der Waals surface area (Å²) in [7, 11) is 0. The summed E-state index contributed by atoms with van der Waals surface area (Å²) < 4.78 is 10.6. The number of nitro groups is 1. The normalized spacial score (nSPS) is 11.7. The van der Waals surface area contributed by atoms with Gasteiger partial charge in [0, 0.05) is 28.3 Å². The predicted molar refractivity (Wildman–Crippen MR) is 103 cm³/mol. The van der Waals surface area contributed by atoms with Gasteiger partial charge in [0.1, 0.15) is 17.5 Å². The second kappa shape index (κ2) is 8.10. The molecule has 1 atom stereocenters. The molecule has 1 unspecified atom stereocenters. The van der Waals surface area contributed by atoms with Crippen LogP contribution in [0.2, 0.25) is 5.02 Å². The highest BCUT2D eigenvalue weighted by molar-refractivity contribution is 6.31. The molecule has 9 heteroatoms. The van der Waals surface area contributed by atoms with E-state index in [4.69, 9.17) is 20.9 Å². The SMILES string of the molecule is Cc1onc(-c2ccc([N+](=O)[O-])cc2)c1NC(=O)OC(C)c1ccccc1Cl. The zero-order chi connectivity index (χ0) is 20.3. The van der Waals surface area contributed by atoms with E-state index in [0.717, 1.165) is 0 Å². The Morgan fingerprint density at radius 2 is 1.93 bits per heavy atom. The molecule has 0 aliphatic heterocycles. The van der Waals surface area contributed by atoms with Crippen molar-refractivity contribution in [3.8, 4) is 11.3 Å². The Morgan fingerprint density at radius 1 is 1.25 bits per heavy atom. The summed E-state index contributed by atoms with van der Waals surface area (Å²) in [6, 6.07) is 12.8. The van der Waals surface area contributed by atoms with Crippen LogP contribution in [0.5, 0.6) is 0 Å². The number of carbonyl (C=O) groups excluding carboxylic acids is 1. The average Bonchev–Trinajstić information content (AvgIpc) is 3.02. The number of ether oxygens (including phenoxy) is 1. The summed E-state index contributed by atoms with van der Waals surface area (Å²) >= 11 is 6.13. The highest BCUT2D eigenvalue weighted by Gasteiger charge is 2.21. The molecule has 1 amide bonds. The minimum Gasteiger partial charge on any atom is -0.441 e. The van der Waals surface area contributed by atoms with Crippen LogP contribution in [0.4, 0.5) is 16.2 Å². The maximum atomic E-state index is 12.3. The van der Waals surface area contributed by atoms with Gasteiger partial charge in [0.05, 0.1) is 4.92 Å². The lowest BCUT2D eigenvalue weighted by Crippen LogP contribution is -2.17. The fraction of sp³-hybridized carbons (Fsp3) is 0.158. The van der Waals surface area contributed by atoms with Crippen LogP contribution in [-0.4, -0.2) is 16.2 Å². The molecule has 3 aromatic rings. The van der Waals surface area contributed by atoms with Crippen LogP contribution in [0.15, 0.2) is 53.1 Å². The van der Waals surface area contributed by atoms with Gasteiger partial charge in [-0.1, -0.05) is 35.0 Å². The maximum absolute atomic E-state index is 12.3. The molecule has 0 spiro atoms. The third-order valence-electron chi connectivity index (χ3n) is 4.07. The van der Waals surface area contributed by atoms with Crippen molar-refractivity contribution in [3.63, 3.8) is 0 Å². The summed E-state index contributed by atoms with van der Waals surface area (Å²) in [5.74, 6) is 0.371. The highest BCUT2D eigenvalue weighted by Crippen LogP contribution is 2.32. The smallest absolute Gasteiger partial charge is 0.412 e. The van der Waals surface area contributed by atoms with E-state index in [1.54, 1.807) is 38.1 Å². The largest absolute Gasteiger partial charge is 0.441 e. The minimum atomic E-state index is -0.707. The Bertz CT molecular complexity index is 1020. The van der Waals surface area contributed by atoms with E-state index in [9.17, 15) is 14.9 Å². The van der Waals surface area contributed by atoms with Gasteiger partial charge in [-0.3, -0.25) is 15.4 Å². The Balaban J connectivity index is 1.77. The van der Waals surface area contributed by atoms with Gasteiger partial charge in [-0.05, 0) is 32.0 Å². The predicted octanol–water partition coefficient (Wildman–Crippen LogP) is 5.52. The topological polar surface area (TPSA) is 108 Å². The van der Waals surface area contributed by atoms with Crippen molar-refractivity contribution >= 4 is 29.1 Å². The number of amides is 1. The van der Waals surface area contributed by atoms with Gasteiger partial charge in [0.25, 0.3) is 5.69 Å². The molecule has 0 aliphatic carbocycles. The van der Waals surface area contributed by atoms with Gasteiger partial charge < -0.3 is 9.26 Å². The first-order valence-electron chi connectivity index (χ1n) is 8.30. The first-order valence-corrected chi connectivity index (χ1v) is 8.67. The van der Waals surface area contributed by atoms with E-state index in [-0.39, 0.29) is 5.69 Å². The number of carbonyl (C=O) groups is 1. The molecule has 0 saturated heterocycles. The molecular weight excluding hydrogens is 386 g/mol. The molecule has 0 bridgehead atoms. The number of nitro benzene ring substituents is 1. The van der Waals surface area contributed by atoms with Crippen molar-refractivity contribution in [3.05, 3.63) is 75.0 Å². The number of anilines is 1. The number of benzene rings is 2. The van der Waals surface area contributed by atoms with Gasteiger partial charge >= 0.3 is 6.09 Å². The molecule has 0 saturated carbocycles. The Hall–Kier alpha value is -3.39. The van der Waals surface area contributed by atoms with Gasteiger partial charge in [0.15, 0.2) is 5.76 Å². The minimum absolute atomic E-state index is 0.0496. The lowest BCUT2D eigenvalue weighted by Gasteiger charge is -2.15. The highest BCUT2D eigenvalue weighted by atomic mass is 35.5. The fourth-order valence-electron chi connectivity index (χ4n) is 2.62. The first-order chi connectivity index (χ1) is 13.4. The Labute approximate surface area is 165 Å². The summed E-state index contributed by atoms with van der Waals surface area (Å²) in [4.78, 5) is 22.7. The molecule has 0 radical (unpaired) electrons. The number of hydrogen-bond acceptors (Lipinski definition) is 6. The van der Waals surface area contributed by atoms with Crippen molar-refractivity contribution in [2.24, 2.45) is 0 Å². The van der Waals surface area contributed by atoms with Crippen LogP contribution < -0.4 is 5.32 Å². The van der Waals surface area contributed by atoms with Crippen LogP contribution in [0.3, 0.4) is 0 Å². The monoisotopic (exact) mass is 401 g/mol. The molecule has 144 valence electrons. The molecule has 0 aliphatic rings. The van der Waals surface area contributed by atoms with Crippen molar-refractivity contribution < 1.29 is 19.0 Å². The zero-order valence-corrected chi connectivity index (χ0v) is 15.8. The van der Waals surface area contributed by atoms with Crippen LogP contribution in [0.25, 0.3) is 11.3 Å². The lowest BCUT2D eigenvalue weighted by molar-refractivity contribution is -0.384. The molecule has 1 N–H and O–H groups in total. The summed E-state index contributed by atoms with van der Waals surface area (Å²) in [5, 5.41) is 17.8. The third kappa shape index (κ3) is 4.12. The second-order valence-corrected chi connectivity index (χ2v) is 6.37. The number of hydrogen-bond donors (Lipinski definition) is 1. The van der Waals surface area contributed by atoms with Crippen molar-refractivity contribution in [1.82, 2.24) is 5.16 Å². The van der Waals surface area contributed by atoms with E-state index in [1.807, 2.05) is 0 Å². The molecule has 0 fully saturated rings. The molecule has 2 aromatic carbocycles. The number of rotatable bonds is 5. The van der Waals surface area contributed by atoms with Crippen LogP contribution in [-0.2, 0) is 4.74 Å².